The maximum Gasteiger partial charge on any atom is 0.337 e. The second-order valence-electron chi connectivity index (χ2n) is 4.84. The number of hydrogen-bond acceptors (Lipinski definition) is 6. The van der Waals surface area contributed by atoms with Crippen LogP contribution in [-0.4, -0.2) is 24.0 Å². The number of rotatable bonds is 3. The van der Waals surface area contributed by atoms with Gasteiger partial charge in [-0.25, -0.2) is 9.78 Å². The van der Waals surface area contributed by atoms with Crippen molar-refractivity contribution < 1.29 is 14.3 Å². The molecule has 0 fully saturated rings. The maximum atomic E-state index is 12.3. The van der Waals surface area contributed by atoms with Gasteiger partial charge in [-0.15, -0.1) is 0 Å². The minimum absolute atomic E-state index is 0.348. The Bertz CT molecular complexity index is 988. The maximum absolute atomic E-state index is 12.3. The first kappa shape index (κ1) is 15.6. The lowest BCUT2D eigenvalue weighted by atomic mass is 10.1. The number of nitrogens with zero attached hydrogens (tertiary/aromatic N) is 2. The number of amides is 1. The van der Waals surface area contributed by atoms with Gasteiger partial charge in [0, 0.05) is 5.56 Å². The zero-order chi connectivity index (χ0) is 17.1. The summed E-state index contributed by atoms with van der Waals surface area (Å²) in [5.74, 6) is -0.774. The molecule has 3 aromatic rings. The van der Waals surface area contributed by atoms with Crippen molar-refractivity contribution in [2.75, 3.05) is 12.4 Å². The lowest BCUT2D eigenvalue weighted by Crippen LogP contribution is -2.11. The zero-order valence-electron chi connectivity index (χ0n) is 12.6. The Kier molecular flexibility index (Phi) is 4.22. The van der Waals surface area contributed by atoms with Gasteiger partial charge in [0.15, 0.2) is 5.13 Å². The van der Waals surface area contributed by atoms with E-state index in [1.807, 2.05) is 6.07 Å². The predicted octanol–water partition coefficient (Wildman–Crippen LogP) is 3.21. The number of aromatic nitrogens is 1. The molecule has 0 atom stereocenters. The molecule has 1 amide bonds. The van der Waals surface area contributed by atoms with Crippen LogP contribution in [0.1, 0.15) is 26.3 Å². The van der Waals surface area contributed by atoms with Gasteiger partial charge < -0.3 is 4.74 Å². The molecule has 0 aliphatic heterocycles. The number of benzene rings is 2. The van der Waals surface area contributed by atoms with Crippen LogP contribution in [0, 0.1) is 11.3 Å². The van der Waals surface area contributed by atoms with E-state index in [1.165, 1.54) is 24.5 Å². The third kappa shape index (κ3) is 3.09. The van der Waals surface area contributed by atoms with Crippen LogP contribution in [-0.2, 0) is 4.74 Å². The number of anilines is 1. The van der Waals surface area contributed by atoms with Crippen molar-refractivity contribution in [3.05, 3.63) is 59.2 Å². The number of hydrogen-bond donors (Lipinski definition) is 1. The second-order valence-corrected chi connectivity index (χ2v) is 5.87. The molecule has 0 radical (unpaired) electrons. The Balaban J connectivity index is 1.86. The summed E-state index contributed by atoms with van der Waals surface area (Å²) in [7, 11) is 1.32. The highest BCUT2D eigenvalue weighted by atomic mass is 32.1. The molecule has 0 saturated heterocycles. The molecule has 6 nitrogen and oxygen atoms in total. The molecule has 0 aliphatic rings. The van der Waals surface area contributed by atoms with Gasteiger partial charge in [0.2, 0.25) is 0 Å². The van der Waals surface area contributed by atoms with Gasteiger partial charge >= 0.3 is 5.97 Å². The van der Waals surface area contributed by atoms with Crippen LogP contribution in [0.25, 0.3) is 10.2 Å². The van der Waals surface area contributed by atoms with Crippen molar-refractivity contribution in [2.24, 2.45) is 0 Å². The SMILES string of the molecule is COC(=O)c1ccc2nc(NC(=O)c3cccc(C#N)c3)sc2c1. The van der Waals surface area contributed by atoms with Crippen molar-refractivity contribution in [3.63, 3.8) is 0 Å². The summed E-state index contributed by atoms with van der Waals surface area (Å²) in [6.45, 7) is 0. The molecule has 3 rings (SSSR count). The number of nitrogens with one attached hydrogen (secondary N) is 1. The number of carbonyl (C=O) groups is 2. The highest BCUT2D eigenvalue weighted by Crippen LogP contribution is 2.27. The molecule has 0 bridgehead atoms. The summed E-state index contributed by atoms with van der Waals surface area (Å²) in [6.07, 6.45) is 0. The Morgan fingerprint density at radius 1 is 1.21 bits per heavy atom. The lowest BCUT2D eigenvalue weighted by Gasteiger charge is -2.01. The minimum atomic E-state index is -0.427. The monoisotopic (exact) mass is 337 g/mol. The number of methoxy groups -OCH3 is 1. The fraction of sp³-hybridized carbons (Fsp3) is 0.0588. The first-order valence-electron chi connectivity index (χ1n) is 6.91. The van der Waals surface area contributed by atoms with E-state index < -0.39 is 5.97 Å². The Morgan fingerprint density at radius 3 is 2.79 bits per heavy atom. The molecule has 7 heteroatoms. The molecule has 2 aromatic carbocycles. The molecule has 0 aliphatic carbocycles. The molecular weight excluding hydrogens is 326 g/mol. The van der Waals surface area contributed by atoms with Gasteiger partial charge in [-0.05, 0) is 36.4 Å². The van der Waals surface area contributed by atoms with Crippen LogP contribution in [0.4, 0.5) is 5.13 Å². The summed E-state index contributed by atoms with van der Waals surface area (Å²) in [4.78, 5) is 28.1. The third-order valence-corrected chi connectivity index (χ3v) is 4.22. The highest BCUT2D eigenvalue weighted by Gasteiger charge is 2.12. The van der Waals surface area contributed by atoms with E-state index in [-0.39, 0.29) is 5.91 Å². The van der Waals surface area contributed by atoms with E-state index in [0.29, 0.717) is 27.3 Å². The second kappa shape index (κ2) is 6.48. The van der Waals surface area contributed by atoms with Crippen molar-refractivity contribution in [1.82, 2.24) is 4.98 Å². The molecule has 0 saturated carbocycles. The molecule has 0 unspecified atom stereocenters. The summed E-state index contributed by atoms with van der Waals surface area (Å²) >= 11 is 1.26. The van der Waals surface area contributed by atoms with E-state index >= 15 is 0 Å². The van der Waals surface area contributed by atoms with Gasteiger partial charge in [-0.1, -0.05) is 17.4 Å². The zero-order valence-corrected chi connectivity index (χ0v) is 13.4. The van der Waals surface area contributed by atoms with Gasteiger partial charge in [0.1, 0.15) is 0 Å². The summed E-state index contributed by atoms with van der Waals surface area (Å²) in [5.41, 5.74) is 1.89. The van der Waals surface area contributed by atoms with Crippen LogP contribution >= 0.6 is 11.3 Å². The molecule has 1 heterocycles. The molecule has 0 spiro atoms. The summed E-state index contributed by atoms with van der Waals surface area (Å²) in [5, 5.41) is 12.0. The van der Waals surface area contributed by atoms with E-state index in [0.717, 1.165) is 4.70 Å². The smallest absolute Gasteiger partial charge is 0.337 e. The predicted molar refractivity (Wildman–Crippen MR) is 90.1 cm³/mol. The van der Waals surface area contributed by atoms with E-state index in [4.69, 9.17) is 5.26 Å². The number of ether oxygens (including phenoxy) is 1. The van der Waals surface area contributed by atoms with Gasteiger partial charge in [-0.3, -0.25) is 10.1 Å². The van der Waals surface area contributed by atoms with Crippen LogP contribution in [0.15, 0.2) is 42.5 Å². The third-order valence-electron chi connectivity index (χ3n) is 3.28. The minimum Gasteiger partial charge on any atom is -0.465 e. The Hall–Kier alpha value is -3.24. The quantitative estimate of drug-likeness (QED) is 0.741. The van der Waals surface area contributed by atoms with Crippen LogP contribution < -0.4 is 5.32 Å². The number of carbonyl (C=O) groups excluding carboxylic acids is 2. The van der Waals surface area contributed by atoms with E-state index in [1.54, 1.807) is 36.4 Å². The van der Waals surface area contributed by atoms with Crippen LogP contribution in [0.5, 0.6) is 0 Å². The summed E-state index contributed by atoms with van der Waals surface area (Å²) in [6, 6.07) is 13.4. The van der Waals surface area contributed by atoms with Crippen molar-refractivity contribution >= 4 is 38.6 Å². The number of thiazole rings is 1. The molecule has 24 heavy (non-hydrogen) atoms. The highest BCUT2D eigenvalue weighted by molar-refractivity contribution is 7.22. The first-order chi connectivity index (χ1) is 11.6. The molecular formula is C17H11N3O3S. The average Bonchev–Trinajstić information content (AvgIpc) is 3.02. The largest absolute Gasteiger partial charge is 0.465 e. The summed E-state index contributed by atoms with van der Waals surface area (Å²) < 4.78 is 5.45. The standard InChI is InChI=1S/C17H11N3O3S/c1-23-16(22)12-5-6-13-14(8-12)24-17(19-13)20-15(21)11-4-2-3-10(7-11)9-18/h2-8H,1H3,(H,19,20,21). The first-order valence-corrected chi connectivity index (χ1v) is 7.73. The van der Waals surface area contributed by atoms with Gasteiger partial charge in [-0.2, -0.15) is 5.26 Å². The molecule has 1 aromatic heterocycles. The molecule has 118 valence electrons. The normalized spacial score (nSPS) is 10.2. The van der Waals surface area contributed by atoms with Crippen molar-refractivity contribution in [1.29, 1.82) is 5.26 Å². The van der Waals surface area contributed by atoms with Gasteiger partial charge in [0.05, 0.1) is 34.5 Å². The van der Waals surface area contributed by atoms with Crippen molar-refractivity contribution in [2.45, 2.75) is 0 Å². The van der Waals surface area contributed by atoms with Crippen molar-refractivity contribution in [3.8, 4) is 6.07 Å². The lowest BCUT2D eigenvalue weighted by molar-refractivity contribution is 0.0601. The van der Waals surface area contributed by atoms with Crippen LogP contribution in [0.3, 0.4) is 0 Å². The Labute approximate surface area is 141 Å². The van der Waals surface area contributed by atoms with Gasteiger partial charge in [0.25, 0.3) is 5.91 Å². The average molecular weight is 337 g/mol. The van der Waals surface area contributed by atoms with Crippen LogP contribution in [0.2, 0.25) is 0 Å². The number of fused-ring (bicyclic) bond motifs is 1. The van der Waals surface area contributed by atoms with E-state index in [9.17, 15) is 9.59 Å². The number of nitriles is 1. The molecule has 1 N–H and O–H groups in total. The number of esters is 1. The fourth-order valence-electron chi connectivity index (χ4n) is 2.12. The fourth-order valence-corrected chi connectivity index (χ4v) is 3.02. The topological polar surface area (TPSA) is 92.1 Å². The van der Waals surface area contributed by atoms with E-state index in [2.05, 4.69) is 15.0 Å². The Morgan fingerprint density at radius 2 is 2.04 bits per heavy atom.